The quantitative estimate of drug-likeness (QED) is 0.574. The molecule has 2 aliphatic heterocycles. The maximum absolute atomic E-state index is 2.35. The van der Waals surface area contributed by atoms with Gasteiger partial charge in [-0.3, -0.25) is 0 Å². The Kier molecular flexibility index (Phi) is 7.27. The number of hydrogen-bond acceptors (Lipinski definition) is 1. The molecule has 144 valence electrons. The molecule has 28 heavy (non-hydrogen) atoms. The standard InChI is InChI=1S/C25H27N2.ClH/c1(2-8-18-26-20-10-14-22-12-4-6-16-24(22)26)3-9-19-27-21-11-15-23-13-5-7-17-25(23)27;/h1-9,12-13,16-19H,10-11,14-15,20-21H2;1H/q+1;/p-1. The van der Waals surface area contributed by atoms with Crippen LogP contribution in [0.1, 0.15) is 24.0 Å². The van der Waals surface area contributed by atoms with Crippen LogP contribution in [0.15, 0.2) is 85.1 Å². The van der Waals surface area contributed by atoms with E-state index in [1.807, 2.05) is 0 Å². The summed E-state index contributed by atoms with van der Waals surface area (Å²) in [6.07, 6.45) is 19.7. The number of aryl methyl sites for hydroxylation is 2. The number of anilines is 1. The summed E-state index contributed by atoms with van der Waals surface area (Å²) >= 11 is 0. The molecule has 0 amide bonds. The van der Waals surface area contributed by atoms with Gasteiger partial charge in [0.15, 0.2) is 6.21 Å². The molecule has 0 bridgehead atoms. The van der Waals surface area contributed by atoms with E-state index < -0.39 is 0 Å². The number of allylic oxidation sites excluding steroid dienone is 5. The van der Waals surface area contributed by atoms with E-state index in [1.54, 1.807) is 0 Å². The summed E-state index contributed by atoms with van der Waals surface area (Å²) in [5.74, 6) is 0. The maximum atomic E-state index is 2.35. The number of para-hydroxylation sites is 2. The van der Waals surface area contributed by atoms with Gasteiger partial charge < -0.3 is 17.3 Å². The second kappa shape index (κ2) is 10.1. The fraction of sp³-hybridized carbons (Fsp3) is 0.240. The number of rotatable bonds is 4. The molecule has 2 aliphatic rings. The second-order valence-electron chi connectivity index (χ2n) is 7.11. The van der Waals surface area contributed by atoms with Crippen LogP contribution in [0.25, 0.3) is 0 Å². The van der Waals surface area contributed by atoms with Gasteiger partial charge in [-0.15, -0.1) is 0 Å². The second-order valence-corrected chi connectivity index (χ2v) is 7.11. The van der Waals surface area contributed by atoms with E-state index in [4.69, 9.17) is 0 Å². The normalized spacial score (nSPS) is 17.9. The van der Waals surface area contributed by atoms with Crippen LogP contribution in [0.3, 0.4) is 0 Å². The van der Waals surface area contributed by atoms with Gasteiger partial charge in [0.25, 0.3) is 0 Å². The van der Waals surface area contributed by atoms with Crippen LogP contribution in [0.2, 0.25) is 0 Å². The first-order valence-corrected chi connectivity index (χ1v) is 9.96. The molecule has 2 nitrogen and oxygen atoms in total. The van der Waals surface area contributed by atoms with Crippen LogP contribution >= 0.6 is 0 Å². The van der Waals surface area contributed by atoms with Crippen LogP contribution in [0.5, 0.6) is 0 Å². The van der Waals surface area contributed by atoms with Gasteiger partial charge in [0.05, 0.1) is 0 Å². The summed E-state index contributed by atoms with van der Waals surface area (Å²) < 4.78 is 2.35. The molecule has 0 aliphatic carbocycles. The van der Waals surface area contributed by atoms with Gasteiger partial charge in [0.1, 0.15) is 6.54 Å². The molecule has 3 heteroatoms. The highest BCUT2D eigenvalue weighted by atomic mass is 35.5. The topological polar surface area (TPSA) is 6.25 Å². The lowest BCUT2D eigenvalue weighted by Crippen LogP contribution is -3.00. The van der Waals surface area contributed by atoms with Crippen molar-refractivity contribution in [3.63, 3.8) is 0 Å². The van der Waals surface area contributed by atoms with E-state index in [9.17, 15) is 0 Å². The lowest BCUT2D eigenvalue weighted by Gasteiger charge is -2.27. The molecule has 0 saturated heterocycles. The molecular weight excluding hydrogens is 364 g/mol. The van der Waals surface area contributed by atoms with E-state index in [0.717, 1.165) is 13.1 Å². The summed E-state index contributed by atoms with van der Waals surface area (Å²) in [4.78, 5) is 2.35. The lowest BCUT2D eigenvalue weighted by atomic mass is 10.0. The Balaban J connectivity index is 0.00000225. The van der Waals surface area contributed by atoms with Gasteiger partial charge in [-0.25, -0.2) is 0 Å². The number of fused-ring (bicyclic) bond motifs is 2. The molecule has 0 unspecified atom stereocenters. The van der Waals surface area contributed by atoms with Crippen LogP contribution in [-0.4, -0.2) is 23.9 Å². The monoisotopic (exact) mass is 390 g/mol. The Morgan fingerprint density at radius 2 is 1.46 bits per heavy atom. The Bertz CT molecular complexity index is 908. The zero-order chi connectivity index (χ0) is 18.3. The third-order valence-electron chi connectivity index (χ3n) is 5.27. The summed E-state index contributed by atoms with van der Waals surface area (Å²) in [7, 11) is 0. The third-order valence-corrected chi connectivity index (χ3v) is 5.27. The number of hydrogen-bond donors (Lipinski definition) is 0. The molecule has 0 radical (unpaired) electrons. The Hall–Kier alpha value is -2.58. The zero-order valence-electron chi connectivity index (χ0n) is 16.2. The first-order chi connectivity index (χ1) is 13.4. The highest BCUT2D eigenvalue weighted by molar-refractivity contribution is 5.68. The van der Waals surface area contributed by atoms with Crippen LogP contribution in [0.4, 0.5) is 11.4 Å². The fourth-order valence-corrected chi connectivity index (χ4v) is 3.93. The average Bonchev–Trinajstić information content (AvgIpc) is 2.73. The van der Waals surface area contributed by atoms with Gasteiger partial charge in [-0.05, 0) is 37.0 Å². The molecule has 0 fully saturated rings. The molecular formula is C25H27ClN2. The van der Waals surface area contributed by atoms with Crippen molar-refractivity contribution in [2.75, 3.05) is 18.0 Å². The van der Waals surface area contributed by atoms with E-state index in [-0.39, 0.29) is 12.4 Å². The minimum absolute atomic E-state index is 0. The molecule has 4 rings (SSSR count). The predicted octanol–water partition coefficient (Wildman–Crippen LogP) is 2.43. The predicted molar refractivity (Wildman–Crippen MR) is 115 cm³/mol. The van der Waals surface area contributed by atoms with E-state index in [1.165, 1.54) is 48.2 Å². The third kappa shape index (κ3) is 4.82. The Labute approximate surface area is 174 Å². The van der Waals surface area contributed by atoms with Gasteiger partial charge in [-0.1, -0.05) is 54.6 Å². The van der Waals surface area contributed by atoms with Gasteiger partial charge in [0.2, 0.25) is 5.69 Å². The van der Waals surface area contributed by atoms with E-state index in [2.05, 4.69) is 101 Å². The van der Waals surface area contributed by atoms with Crippen molar-refractivity contribution < 1.29 is 17.0 Å². The van der Waals surface area contributed by atoms with Crippen molar-refractivity contribution in [1.82, 2.24) is 0 Å². The smallest absolute Gasteiger partial charge is 0.208 e. The largest absolute Gasteiger partial charge is 1.00 e. The summed E-state index contributed by atoms with van der Waals surface area (Å²) in [6, 6.07) is 17.4. The summed E-state index contributed by atoms with van der Waals surface area (Å²) in [5.41, 5.74) is 5.60. The van der Waals surface area contributed by atoms with Crippen molar-refractivity contribution in [3.8, 4) is 0 Å². The van der Waals surface area contributed by atoms with Crippen molar-refractivity contribution in [1.29, 1.82) is 0 Å². The Morgan fingerprint density at radius 1 is 0.750 bits per heavy atom. The minimum atomic E-state index is 0. The van der Waals surface area contributed by atoms with E-state index >= 15 is 0 Å². The molecule has 2 aromatic carbocycles. The van der Waals surface area contributed by atoms with Crippen molar-refractivity contribution in [3.05, 3.63) is 96.2 Å². The first-order valence-electron chi connectivity index (χ1n) is 9.96. The molecule has 2 aromatic rings. The number of nitrogens with zero attached hydrogens (tertiary/aromatic N) is 2. The molecule has 0 atom stereocenters. The SMILES string of the molecule is C(/C=C/C=C/C=C/N1CCCc2ccccc21)=[N+]1CCCc2ccccc21.[Cl-]. The molecule has 0 aromatic heterocycles. The maximum Gasteiger partial charge on any atom is 0.208 e. The van der Waals surface area contributed by atoms with Crippen molar-refractivity contribution >= 4 is 17.6 Å². The van der Waals surface area contributed by atoms with Gasteiger partial charge in [-0.2, -0.15) is 4.58 Å². The first kappa shape index (κ1) is 20.2. The summed E-state index contributed by atoms with van der Waals surface area (Å²) in [5, 5.41) is 0. The molecule has 2 heterocycles. The average molecular weight is 391 g/mol. The van der Waals surface area contributed by atoms with Crippen LogP contribution in [0, 0.1) is 0 Å². The van der Waals surface area contributed by atoms with Crippen molar-refractivity contribution in [2.45, 2.75) is 25.7 Å². The van der Waals surface area contributed by atoms with Crippen LogP contribution in [-0.2, 0) is 12.8 Å². The number of halogens is 1. The highest BCUT2D eigenvalue weighted by Gasteiger charge is 2.18. The fourth-order valence-electron chi connectivity index (χ4n) is 3.93. The highest BCUT2D eigenvalue weighted by Crippen LogP contribution is 2.27. The van der Waals surface area contributed by atoms with Gasteiger partial charge in [0, 0.05) is 42.6 Å². The van der Waals surface area contributed by atoms with Gasteiger partial charge >= 0.3 is 0 Å². The number of benzene rings is 2. The minimum Gasteiger partial charge on any atom is -1.00 e. The molecule has 0 spiro atoms. The van der Waals surface area contributed by atoms with Crippen molar-refractivity contribution in [2.24, 2.45) is 0 Å². The Morgan fingerprint density at radius 3 is 2.39 bits per heavy atom. The molecule has 0 N–H and O–H groups in total. The summed E-state index contributed by atoms with van der Waals surface area (Å²) in [6.45, 7) is 2.19. The lowest BCUT2D eigenvalue weighted by molar-refractivity contribution is -0.440. The van der Waals surface area contributed by atoms with E-state index in [0.29, 0.717) is 0 Å². The molecule has 0 saturated carbocycles. The van der Waals surface area contributed by atoms with Crippen LogP contribution < -0.4 is 17.3 Å². The zero-order valence-corrected chi connectivity index (χ0v) is 16.9.